The van der Waals surface area contributed by atoms with Crippen molar-refractivity contribution in [2.45, 2.75) is 38.0 Å². The van der Waals surface area contributed by atoms with E-state index < -0.39 is 5.97 Å². The predicted octanol–water partition coefficient (Wildman–Crippen LogP) is 1.18. The number of nitrogens with zero attached hydrogens (tertiary/aromatic N) is 2. The van der Waals surface area contributed by atoms with Gasteiger partial charge in [0.15, 0.2) is 6.61 Å². The summed E-state index contributed by atoms with van der Waals surface area (Å²) in [6.07, 6.45) is 3.50. The van der Waals surface area contributed by atoms with Gasteiger partial charge in [0, 0.05) is 25.7 Å². The van der Waals surface area contributed by atoms with E-state index in [4.69, 9.17) is 9.84 Å². The molecule has 0 saturated carbocycles. The molecule has 132 valence electrons. The molecule has 2 aliphatic heterocycles. The number of carboxylic acid groups (broad SMARTS) is 1. The van der Waals surface area contributed by atoms with Gasteiger partial charge in [0.25, 0.3) is 0 Å². The highest BCUT2D eigenvalue weighted by Crippen LogP contribution is 2.22. The third-order valence-corrected chi connectivity index (χ3v) is 4.89. The van der Waals surface area contributed by atoms with Crippen LogP contribution < -0.4 is 4.74 Å². The minimum atomic E-state index is -0.978. The van der Waals surface area contributed by atoms with Crippen LogP contribution in [0.1, 0.15) is 24.8 Å². The number of aliphatic hydroxyl groups excluding tert-OH is 1. The summed E-state index contributed by atoms with van der Waals surface area (Å²) >= 11 is 0. The second-order valence-electron chi connectivity index (χ2n) is 6.75. The van der Waals surface area contributed by atoms with E-state index in [9.17, 15) is 9.90 Å². The molecule has 0 radical (unpaired) electrons. The Labute approximate surface area is 142 Å². The van der Waals surface area contributed by atoms with Crippen LogP contribution in [0.15, 0.2) is 24.3 Å². The lowest BCUT2D eigenvalue weighted by Crippen LogP contribution is -2.45. The Morgan fingerprint density at radius 1 is 1.12 bits per heavy atom. The maximum absolute atomic E-state index is 10.5. The number of rotatable bonds is 6. The third-order valence-electron chi connectivity index (χ3n) is 4.89. The molecular weight excluding hydrogens is 308 g/mol. The van der Waals surface area contributed by atoms with Gasteiger partial charge >= 0.3 is 5.97 Å². The van der Waals surface area contributed by atoms with Gasteiger partial charge in [-0.2, -0.15) is 0 Å². The van der Waals surface area contributed by atoms with E-state index in [2.05, 4.69) is 9.80 Å². The zero-order chi connectivity index (χ0) is 16.9. The van der Waals surface area contributed by atoms with Gasteiger partial charge in [0.05, 0.1) is 6.10 Å². The molecule has 24 heavy (non-hydrogen) atoms. The second-order valence-corrected chi connectivity index (χ2v) is 6.75. The number of aliphatic carboxylic acids is 1. The zero-order valence-corrected chi connectivity index (χ0v) is 13.9. The number of carboxylic acids is 1. The number of carbonyl (C=O) groups is 1. The molecule has 2 aliphatic rings. The van der Waals surface area contributed by atoms with Crippen molar-refractivity contribution >= 4 is 5.97 Å². The molecule has 6 heteroatoms. The Morgan fingerprint density at radius 3 is 2.50 bits per heavy atom. The van der Waals surface area contributed by atoms with Gasteiger partial charge in [-0.05, 0) is 43.6 Å². The topological polar surface area (TPSA) is 73.2 Å². The summed E-state index contributed by atoms with van der Waals surface area (Å²) in [5.74, 6) is -0.414. The number of piperidine rings is 1. The molecule has 0 unspecified atom stereocenters. The minimum absolute atomic E-state index is 0.253. The molecule has 3 rings (SSSR count). The van der Waals surface area contributed by atoms with E-state index in [-0.39, 0.29) is 18.8 Å². The normalized spacial score (nSPS) is 25.7. The maximum Gasteiger partial charge on any atom is 0.341 e. The summed E-state index contributed by atoms with van der Waals surface area (Å²) < 4.78 is 5.15. The summed E-state index contributed by atoms with van der Waals surface area (Å²) in [5.41, 5.74) is 1.14. The highest BCUT2D eigenvalue weighted by Gasteiger charge is 2.35. The number of hydrogen-bond donors (Lipinski definition) is 2. The van der Waals surface area contributed by atoms with Crippen LogP contribution in [0.25, 0.3) is 0 Å². The lowest BCUT2D eigenvalue weighted by molar-refractivity contribution is -0.139. The van der Waals surface area contributed by atoms with Gasteiger partial charge in [0.2, 0.25) is 0 Å². The van der Waals surface area contributed by atoms with Crippen LogP contribution >= 0.6 is 0 Å². The van der Waals surface area contributed by atoms with Crippen molar-refractivity contribution in [3.05, 3.63) is 29.8 Å². The molecule has 2 saturated heterocycles. The molecule has 2 heterocycles. The Morgan fingerprint density at radius 2 is 1.83 bits per heavy atom. The summed E-state index contributed by atoms with van der Waals surface area (Å²) in [4.78, 5) is 15.2. The Balaban J connectivity index is 1.51. The molecule has 0 bridgehead atoms. The molecule has 6 nitrogen and oxygen atoms in total. The van der Waals surface area contributed by atoms with E-state index >= 15 is 0 Å². The van der Waals surface area contributed by atoms with Gasteiger partial charge in [0.1, 0.15) is 5.75 Å². The van der Waals surface area contributed by atoms with Gasteiger partial charge in [-0.1, -0.05) is 18.6 Å². The molecule has 2 N–H and O–H groups in total. The average Bonchev–Trinajstić information content (AvgIpc) is 2.95. The van der Waals surface area contributed by atoms with Crippen molar-refractivity contribution in [1.82, 2.24) is 9.80 Å². The highest BCUT2D eigenvalue weighted by atomic mass is 16.5. The second kappa shape index (κ2) is 7.96. The fourth-order valence-corrected chi connectivity index (χ4v) is 3.68. The monoisotopic (exact) mass is 334 g/mol. The Kier molecular flexibility index (Phi) is 5.71. The average molecular weight is 334 g/mol. The summed E-state index contributed by atoms with van der Waals surface area (Å²) in [7, 11) is 0. The Hall–Kier alpha value is -1.63. The summed E-state index contributed by atoms with van der Waals surface area (Å²) in [5, 5.41) is 19.0. The van der Waals surface area contributed by atoms with Crippen LogP contribution in [-0.4, -0.2) is 70.9 Å². The number of hydrogen-bond acceptors (Lipinski definition) is 5. The molecule has 2 atom stereocenters. The zero-order valence-electron chi connectivity index (χ0n) is 13.9. The number of aliphatic hydroxyl groups is 1. The van der Waals surface area contributed by atoms with E-state index in [0.29, 0.717) is 12.3 Å². The molecular formula is C18H26N2O4. The van der Waals surface area contributed by atoms with Crippen LogP contribution in [-0.2, 0) is 11.3 Å². The van der Waals surface area contributed by atoms with E-state index in [1.807, 2.05) is 12.1 Å². The smallest absolute Gasteiger partial charge is 0.341 e. The van der Waals surface area contributed by atoms with Gasteiger partial charge < -0.3 is 14.9 Å². The van der Waals surface area contributed by atoms with Crippen LogP contribution in [0.2, 0.25) is 0 Å². The van der Waals surface area contributed by atoms with Crippen LogP contribution in [0, 0.1) is 0 Å². The van der Waals surface area contributed by atoms with Crippen LogP contribution in [0.5, 0.6) is 5.75 Å². The van der Waals surface area contributed by atoms with Crippen molar-refractivity contribution in [2.75, 3.05) is 32.8 Å². The molecule has 1 aromatic carbocycles. The molecule has 1 aromatic rings. The number of β-amino-alcohol motifs (C(OH)–C–C–N with tert-alkyl or cyclic N) is 1. The lowest BCUT2D eigenvalue weighted by atomic mass is 10.1. The van der Waals surface area contributed by atoms with Gasteiger partial charge in [-0.15, -0.1) is 0 Å². The van der Waals surface area contributed by atoms with E-state index in [1.165, 1.54) is 19.3 Å². The first-order valence-electron chi connectivity index (χ1n) is 8.70. The highest BCUT2D eigenvalue weighted by molar-refractivity contribution is 5.68. The first-order chi connectivity index (χ1) is 11.6. The van der Waals surface area contributed by atoms with Crippen molar-refractivity contribution < 1.29 is 19.7 Å². The molecule has 0 spiro atoms. The van der Waals surface area contributed by atoms with Crippen molar-refractivity contribution in [1.29, 1.82) is 0 Å². The lowest BCUT2D eigenvalue weighted by Gasteiger charge is -2.33. The molecule has 0 amide bonds. The molecule has 0 aromatic heterocycles. The first-order valence-corrected chi connectivity index (χ1v) is 8.70. The fraction of sp³-hybridized carbons (Fsp3) is 0.611. The van der Waals surface area contributed by atoms with Gasteiger partial charge in [-0.3, -0.25) is 9.80 Å². The number of benzene rings is 1. The van der Waals surface area contributed by atoms with Crippen molar-refractivity contribution in [2.24, 2.45) is 0 Å². The van der Waals surface area contributed by atoms with Crippen LogP contribution in [0.3, 0.4) is 0 Å². The SMILES string of the molecule is O=C(O)COc1ccc(CN2C[C@H](O)[C@@H](N3CCCCC3)C2)cc1. The number of likely N-dealkylation sites (tertiary alicyclic amines) is 2. The third kappa shape index (κ3) is 4.47. The summed E-state index contributed by atoms with van der Waals surface area (Å²) in [6, 6.07) is 7.76. The molecule has 2 fully saturated rings. The maximum atomic E-state index is 10.5. The van der Waals surface area contributed by atoms with E-state index in [0.717, 1.165) is 31.7 Å². The quantitative estimate of drug-likeness (QED) is 0.814. The van der Waals surface area contributed by atoms with Gasteiger partial charge in [-0.25, -0.2) is 4.79 Å². The van der Waals surface area contributed by atoms with Crippen LogP contribution in [0.4, 0.5) is 0 Å². The molecule has 0 aliphatic carbocycles. The Bertz CT molecular complexity index is 542. The summed E-state index contributed by atoms with van der Waals surface area (Å²) in [6.45, 7) is 4.28. The van der Waals surface area contributed by atoms with Crippen molar-refractivity contribution in [3.63, 3.8) is 0 Å². The first kappa shape index (κ1) is 17.2. The van der Waals surface area contributed by atoms with E-state index in [1.54, 1.807) is 12.1 Å². The predicted molar refractivity (Wildman–Crippen MR) is 90.1 cm³/mol. The fourth-order valence-electron chi connectivity index (χ4n) is 3.68. The largest absolute Gasteiger partial charge is 0.482 e. The van der Waals surface area contributed by atoms with Crippen molar-refractivity contribution in [3.8, 4) is 5.75 Å². The number of ether oxygens (including phenoxy) is 1. The minimum Gasteiger partial charge on any atom is -0.482 e. The standard InChI is InChI=1S/C18H26N2O4/c21-17-12-19(11-16(17)20-8-2-1-3-9-20)10-14-4-6-15(7-5-14)24-13-18(22)23/h4-7,16-17,21H,1-3,8-13H2,(H,22,23)/t16-,17-/m0/s1.